The quantitative estimate of drug-likeness (QED) is 0.656. The van der Waals surface area contributed by atoms with Crippen molar-refractivity contribution in [1.29, 1.82) is 0 Å². The Morgan fingerprint density at radius 1 is 1.21 bits per heavy atom. The van der Waals surface area contributed by atoms with Crippen molar-refractivity contribution in [3.05, 3.63) is 29.8 Å². The van der Waals surface area contributed by atoms with Crippen LogP contribution in [-0.4, -0.2) is 18.2 Å². The van der Waals surface area contributed by atoms with Crippen molar-refractivity contribution < 1.29 is 4.74 Å². The summed E-state index contributed by atoms with van der Waals surface area (Å²) < 4.78 is 5.49. The fourth-order valence-corrected chi connectivity index (χ4v) is 2.62. The average molecular weight is 205 g/mol. The lowest BCUT2D eigenvalue weighted by Crippen LogP contribution is -2.31. The van der Waals surface area contributed by atoms with Crippen LogP contribution in [-0.2, 0) is 4.74 Å². The van der Waals surface area contributed by atoms with Crippen LogP contribution >= 0.6 is 12.2 Å². The van der Waals surface area contributed by atoms with Gasteiger partial charge in [0.2, 0.25) is 0 Å². The molecule has 0 amide bonds. The van der Waals surface area contributed by atoms with Crippen molar-refractivity contribution in [3.63, 3.8) is 0 Å². The highest BCUT2D eigenvalue weighted by molar-refractivity contribution is 7.80. The first-order valence-corrected chi connectivity index (χ1v) is 5.24. The van der Waals surface area contributed by atoms with Gasteiger partial charge in [-0.25, -0.2) is 0 Å². The minimum atomic E-state index is 0.389. The molecule has 2 aliphatic heterocycles. The molecule has 1 N–H and O–H groups in total. The van der Waals surface area contributed by atoms with E-state index in [-0.39, 0.29) is 0 Å². The molecule has 3 heteroatoms. The van der Waals surface area contributed by atoms with Gasteiger partial charge in [-0.15, -0.1) is 0 Å². The van der Waals surface area contributed by atoms with Crippen molar-refractivity contribution in [1.82, 2.24) is 0 Å². The monoisotopic (exact) mass is 205 g/mol. The van der Waals surface area contributed by atoms with E-state index in [1.54, 1.807) is 0 Å². The summed E-state index contributed by atoms with van der Waals surface area (Å²) in [5, 5.41) is 3.28. The molecule has 2 unspecified atom stereocenters. The molecule has 0 saturated carbocycles. The molecule has 0 bridgehead atoms. The van der Waals surface area contributed by atoms with Gasteiger partial charge < -0.3 is 10.1 Å². The van der Waals surface area contributed by atoms with E-state index in [9.17, 15) is 0 Å². The van der Waals surface area contributed by atoms with E-state index < -0.39 is 0 Å². The first kappa shape index (κ1) is 8.38. The Labute approximate surface area is 88.3 Å². The van der Waals surface area contributed by atoms with Gasteiger partial charge in [0.15, 0.2) is 0 Å². The lowest BCUT2D eigenvalue weighted by molar-refractivity contribution is 0.190. The zero-order valence-corrected chi connectivity index (χ0v) is 8.51. The van der Waals surface area contributed by atoms with E-state index in [0.29, 0.717) is 11.8 Å². The molecule has 14 heavy (non-hydrogen) atoms. The van der Waals surface area contributed by atoms with Crippen LogP contribution in [0.5, 0.6) is 0 Å². The normalized spacial score (nSPS) is 29.3. The first-order chi connectivity index (χ1) is 6.86. The highest BCUT2D eigenvalue weighted by atomic mass is 32.1. The van der Waals surface area contributed by atoms with E-state index in [2.05, 4.69) is 23.5 Å². The Bertz CT molecular complexity index is 391. The fourth-order valence-electron chi connectivity index (χ4n) is 2.28. The van der Waals surface area contributed by atoms with Gasteiger partial charge in [0.05, 0.1) is 18.2 Å². The highest BCUT2D eigenvalue weighted by Gasteiger charge is 2.37. The van der Waals surface area contributed by atoms with E-state index in [1.165, 1.54) is 5.56 Å². The maximum atomic E-state index is 5.49. The SMILES string of the molecule is S=C1Nc2ccccc2C2COCC12. The molecule has 0 radical (unpaired) electrons. The topological polar surface area (TPSA) is 21.3 Å². The maximum Gasteiger partial charge on any atom is 0.0859 e. The number of thiocarbonyl (C=S) groups is 1. The molecular formula is C11H11NOS. The second kappa shape index (κ2) is 3.04. The summed E-state index contributed by atoms with van der Waals surface area (Å²) in [7, 11) is 0. The molecule has 1 fully saturated rings. The van der Waals surface area contributed by atoms with Crippen LogP contribution in [0.2, 0.25) is 0 Å². The average Bonchev–Trinajstić information content (AvgIpc) is 2.67. The molecule has 2 atom stereocenters. The zero-order chi connectivity index (χ0) is 9.54. The fraction of sp³-hybridized carbons (Fsp3) is 0.364. The number of anilines is 1. The predicted octanol–water partition coefficient (Wildman–Crippen LogP) is 2.17. The molecule has 0 aliphatic carbocycles. The van der Waals surface area contributed by atoms with Crippen LogP contribution in [0.25, 0.3) is 0 Å². The van der Waals surface area contributed by atoms with Gasteiger partial charge in [0, 0.05) is 17.5 Å². The van der Waals surface area contributed by atoms with Gasteiger partial charge in [0.25, 0.3) is 0 Å². The van der Waals surface area contributed by atoms with Gasteiger partial charge in [0.1, 0.15) is 0 Å². The third kappa shape index (κ3) is 1.09. The van der Waals surface area contributed by atoms with E-state index in [4.69, 9.17) is 17.0 Å². The van der Waals surface area contributed by atoms with Gasteiger partial charge in [-0.2, -0.15) is 0 Å². The van der Waals surface area contributed by atoms with Crippen LogP contribution in [0.4, 0.5) is 5.69 Å². The second-order valence-corrected chi connectivity index (χ2v) is 4.27. The van der Waals surface area contributed by atoms with Crippen LogP contribution < -0.4 is 5.32 Å². The van der Waals surface area contributed by atoms with Crippen molar-refractivity contribution in [2.75, 3.05) is 18.5 Å². The van der Waals surface area contributed by atoms with Gasteiger partial charge in [-0.1, -0.05) is 30.4 Å². The minimum absolute atomic E-state index is 0.389. The molecule has 2 aliphatic rings. The van der Waals surface area contributed by atoms with Crippen molar-refractivity contribution in [2.45, 2.75) is 5.92 Å². The smallest absolute Gasteiger partial charge is 0.0859 e. The van der Waals surface area contributed by atoms with Gasteiger partial charge in [-0.3, -0.25) is 0 Å². The first-order valence-electron chi connectivity index (χ1n) is 4.84. The van der Waals surface area contributed by atoms with Gasteiger partial charge in [-0.05, 0) is 11.6 Å². The highest BCUT2D eigenvalue weighted by Crippen LogP contribution is 2.39. The lowest BCUT2D eigenvalue weighted by Gasteiger charge is -2.28. The second-order valence-electron chi connectivity index (χ2n) is 3.83. The summed E-state index contributed by atoms with van der Waals surface area (Å²) in [6.45, 7) is 1.58. The minimum Gasteiger partial charge on any atom is -0.380 e. The Hall–Kier alpha value is -0.930. The number of benzene rings is 1. The standard InChI is InChI=1S/C11H11NOS/c14-11-9-6-13-5-8(9)7-3-1-2-4-10(7)12-11/h1-4,8-9H,5-6H2,(H,12,14). The summed E-state index contributed by atoms with van der Waals surface area (Å²) in [4.78, 5) is 0.936. The third-order valence-electron chi connectivity index (χ3n) is 3.04. The molecule has 3 rings (SSSR count). The number of hydrogen-bond acceptors (Lipinski definition) is 2. The van der Waals surface area contributed by atoms with E-state index >= 15 is 0 Å². The van der Waals surface area contributed by atoms with E-state index in [1.807, 2.05) is 6.07 Å². The zero-order valence-electron chi connectivity index (χ0n) is 7.69. The van der Waals surface area contributed by atoms with Gasteiger partial charge >= 0.3 is 0 Å². The molecule has 0 spiro atoms. The van der Waals surface area contributed by atoms with Crippen LogP contribution in [0.1, 0.15) is 11.5 Å². The molecule has 0 aromatic heterocycles. The summed E-state index contributed by atoms with van der Waals surface area (Å²) in [5.74, 6) is 0.861. The van der Waals surface area contributed by atoms with E-state index in [0.717, 1.165) is 23.9 Å². The Balaban J connectivity index is 2.11. The molecule has 1 aromatic rings. The third-order valence-corrected chi connectivity index (χ3v) is 3.44. The number of para-hydroxylation sites is 1. The van der Waals surface area contributed by atoms with Crippen LogP contribution in [0, 0.1) is 5.92 Å². The molecular weight excluding hydrogens is 194 g/mol. The molecule has 72 valence electrons. The van der Waals surface area contributed by atoms with Crippen LogP contribution in [0.3, 0.4) is 0 Å². The predicted molar refractivity (Wildman–Crippen MR) is 59.7 cm³/mol. The van der Waals surface area contributed by atoms with Crippen molar-refractivity contribution in [3.8, 4) is 0 Å². The summed E-state index contributed by atoms with van der Waals surface area (Å²) >= 11 is 5.33. The van der Waals surface area contributed by atoms with Crippen LogP contribution in [0.15, 0.2) is 24.3 Å². The largest absolute Gasteiger partial charge is 0.380 e. The molecule has 2 nitrogen and oxygen atoms in total. The Kier molecular flexibility index (Phi) is 1.82. The Morgan fingerprint density at radius 2 is 2.00 bits per heavy atom. The number of fused-ring (bicyclic) bond motifs is 3. The molecule has 1 aromatic carbocycles. The molecule has 1 saturated heterocycles. The number of nitrogens with one attached hydrogen (secondary N) is 1. The van der Waals surface area contributed by atoms with Crippen molar-refractivity contribution >= 4 is 22.9 Å². The summed E-state index contributed by atoms with van der Waals surface area (Å²) in [5.41, 5.74) is 2.51. The Morgan fingerprint density at radius 3 is 2.93 bits per heavy atom. The number of ether oxygens (including phenoxy) is 1. The lowest BCUT2D eigenvalue weighted by atomic mass is 9.85. The maximum absolute atomic E-state index is 5.49. The van der Waals surface area contributed by atoms with Crippen molar-refractivity contribution in [2.24, 2.45) is 5.92 Å². The number of hydrogen-bond donors (Lipinski definition) is 1. The molecule has 2 heterocycles. The number of rotatable bonds is 0. The summed E-state index contributed by atoms with van der Waals surface area (Å²) in [6, 6.07) is 8.35. The summed E-state index contributed by atoms with van der Waals surface area (Å²) in [6.07, 6.45) is 0.